The Kier molecular flexibility index (Phi) is 6.96. The molecule has 1 aliphatic rings. The molecule has 11 heteroatoms. The standard InChI is InChI=1S/C28H27F4N5O2/c1-14(2)37-13-18(5-8-23(37)38)22-11-17(9-10-39-22)26-35-24(25-27(36-26)34-16(4)15(3)33-25)20-7-6-19(12-21(20)29)28(30,31)32/h5-8,12-14,17,22H,9-11H2,1-4H3. The Morgan fingerprint density at radius 1 is 1.03 bits per heavy atom. The number of nitrogens with zero attached hydrogens (tertiary/aromatic N) is 5. The van der Waals surface area contributed by atoms with Crippen molar-refractivity contribution >= 4 is 11.2 Å². The summed E-state index contributed by atoms with van der Waals surface area (Å²) in [7, 11) is 0. The second kappa shape index (κ2) is 10.1. The molecule has 7 nitrogen and oxygen atoms in total. The molecule has 1 fully saturated rings. The molecular formula is C28H27F4N5O2. The van der Waals surface area contributed by atoms with Crippen LogP contribution in [0.4, 0.5) is 17.6 Å². The van der Waals surface area contributed by atoms with Gasteiger partial charge in [0.25, 0.3) is 5.56 Å². The van der Waals surface area contributed by atoms with Crippen LogP contribution in [0.25, 0.3) is 22.4 Å². The van der Waals surface area contributed by atoms with E-state index in [9.17, 15) is 18.0 Å². The minimum Gasteiger partial charge on any atom is -0.373 e. The van der Waals surface area contributed by atoms with Crippen LogP contribution in [0, 0.1) is 19.7 Å². The third kappa shape index (κ3) is 5.27. The highest BCUT2D eigenvalue weighted by Gasteiger charge is 2.32. The number of aryl methyl sites for hydroxylation is 2. The lowest BCUT2D eigenvalue weighted by Gasteiger charge is -2.29. The van der Waals surface area contributed by atoms with Crippen LogP contribution in [-0.2, 0) is 10.9 Å². The number of hydrogen-bond acceptors (Lipinski definition) is 6. The van der Waals surface area contributed by atoms with Gasteiger partial charge in [0.05, 0.1) is 23.1 Å². The van der Waals surface area contributed by atoms with Gasteiger partial charge in [-0.25, -0.2) is 24.3 Å². The van der Waals surface area contributed by atoms with Gasteiger partial charge < -0.3 is 9.30 Å². The van der Waals surface area contributed by atoms with Crippen molar-refractivity contribution in [2.45, 2.75) is 64.8 Å². The van der Waals surface area contributed by atoms with E-state index in [1.807, 2.05) is 13.8 Å². The van der Waals surface area contributed by atoms with Gasteiger partial charge >= 0.3 is 6.18 Å². The zero-order valence-electron chi connectivity index (χ0n) is 21.9. The number of aromatic nitrogens is 5. The van der Waals surface area contributed by atoms with E-state index in [0.717, 1.165) is 17.7 Å². The third-order valence-corrected chi connectivity index (χ3v) is 7.05. The Balaban J connectivity index is 1.59. The van der Waals surface area contributed by atoms with Crippen LogP contribution in [0.15, 0.2) is 41.3 Å². The molecule has 1 saturated heterocycles. The largest absolute Gasteiger partial charge is 0.416 e. The number of halogens is 4. The quantitative estimate of drug-likeness (QED) is 0.285. The fraction of sp³-hybridized carbons (Fsp3) is 0.393. The van der Waals surface area contributed by atoms with Gasteiger partial charge in [-0.15, -0.1) is 0 Å². The molecule has 1 aliphatic heterocycles. The van der Waals surface area contributed by atoms with Gasteiger partial charge in [-0.1, -0.05) is 0 Å². The summed E-state index contributed by atoms with van der Waals surface area (Å²) in [6.07, 6.45) is -2.14. The summed E-state index contributed by atoms with van der Waals surface area (Å²) in [5, 5.41) is 0. The maximum Gasteiger partial charge on any atom is 0.416 e. The van der Waals surface area contributed by atoms with Crippen molar-refractivity contribution in [1.82, 2.24) is 24.5 Å². The second-order valence-electron chi connectivity index (χ2n) is 10.1. The molecule has 0 N–H and O–H groups in total. The summed E-state index contributed by atoms with van der Waals surface area (Å²) in [6, 6.07) is 5.60. The number of fused-ring (bicyclic) bond motifs is 1. The maximum atomic E-state index is 15.1. The van der Waals surface area contributed by atoms with Crippen LogP contribution >= 0.6 is 0 Å². The summed E-state index contributed by atoms with van der Waals surface area (Å²) in [5.41, 5.74) is 1.30. The van der Waals surface area contributed by atoms with E-state index >= 15 is 4.39 Å². The predicted molar refractivity (Wildman–Crippen MR) is 137 cm³/mol. The second-order valence-corrected chi connectivity index (χ2v) is 10.1. The van der Waals surface area contributed by atoms with Gasteiger partial charge in [0.15, 0.2) is 5.65 Å². The molecule has 204 valence electrons. The van der Waals surface area contributed by atoms with Gasteiger partial charge in [0.1, 0.15) is 22.9 Å². The molecule has 2 atom stereocenters. The van der Waals surface area contributed by atoms with Crippen molar-refractivity contribution in [3.05, 3.63) is 81.0 Å². The van der Waals surface area contributed by atoms with E-state index in [0.29, 0.717) is 42.7 Å². The van der Waals surface area contributed by atoms with Crippen molar-refractivity contribution in [2.24, 2.45) is 0 Å². The summed E-state index contributed by atoms with van der Waals surface area (Å²) < 4.78 is 62.3. The Hall–Kier alpha value is -3.73. The van der Waals surface area contributed by atoms with E-state index in [1.165, 1.54) is 6.07 Å². The first-order valence-electron chi connectivity index (χ1n) is 12.7. The zero-order valence-corrected chi connectivity index (χ0v) is 21.9. The van der Waals surface area contributed by atoms with Crippen molar-refractivity contribution < 1.29 is 22.3 Å². The highest BCUT2D eigenvalue weighted by atomic mass is 19.4. The van der Waals surface area contributed by atoms with Crippen LogP contribution < -0.4 is 5.56 Å². The molecule has 2 unspecified atom stereocenters. The molecule has 4 aromatic rings. The third-order valence-electron chi connectivity index (χ3n) is 7.05. The Morgan fingerprint density at radius 2 is 1.77 bits per heavy atom. The fourth-order valence-corrected chi connectivity index (χ4v) is 4.76. The van der Waals surface area contributed by atoms with Gasteiger partial charge in [0, 0.05) is 36.4 Å². The fourth-order valence-electron chi connectivity index (χ4n) is 4.76. The topological polar surface area (TPSA) is 82.8 Å². The minimum atomic E-state index is -4.68. The van der Waals surface area contributed by atoms with E-state index in [4.69, 9.17) is 4.74 Å². The van der Waals surface area contributed by atoms with Crippen LogP contribution in [-0.4, -0.2) is 31.1 Å². The van der Waals surface area contributed by atoms with E-state index in [1.54, 1.807) is 30.7 Å². The van der Waals surface area contributed by atoms with E-state index < -0.39 is 17.6 Å². The van der Waals surface area contributed by atoms with E-state index in [2.05, 4.69) is 19.9 Å². The Bertz CT molecular complexity index is 1620. The number of rotatable bonds is 4. The molecule has 5 rings (SSSR count). The highest BCUT2D eigenvalue weighted by molar-refractivity contribution is 5.87. The van der Waals surface area contributed by atoms with Crippen LogP contribution in [0.1, 0.15) is 73.1 Å². The summed E-state index contributed by atoms with van der Waals surface area (Å²) in [6.45, 7) is 7.76. The molecule has 39 heavy (non-hydrogen) atoms. The molecule has 0 amide bonds. The average molecular weight is 542 g/mol. The molecule has 0 spiro atoms. The van der Waals surface area contributed by atoms with Gasteiger partial charge in [-0.3, -0.25) is 4.79 Å². The van der Waals surface area contributed by atoms with Crippen LogP contribution in [0.3, 0.4) is 0 Å². The molecular weight excluding hydrogens is 514 g/mol. The first kappa shape index (κ1) is 26.9. The van der Waals surface area contributed by atoms with Crippen molar-refractivity contribution in [2.75, 3.05) is 6.61 Å². The number of hydrogen-bond donors (Lipinski definition) is 0. The number of pyridine rings is 1. The normalized spacial score (nSPS) is 18.2. The SMILES string of the molecule is Cc1nc2nc(C3CCOC(c4ccc(=O)n(C(C)C)c4)C3)nc(-c3ccc(C(F)(F)F)cc3F)c2nc1C. The van der Waals surface area contributed by atoms with Crippen LogP contribution in [0.5, 0.6) is 0 Å². The van der Waals surface area contributed by atoms with Gasteiger partial charge in [0.2, 0.25) is 0 Å². The van der Waals surface area contributed by atoms with Crippen LogP contribution in [0.2, 0.25) is 0 Å². The molecule has 0 saturated carbocycles. The Morgan fingerprint density at radius 3 is 2.46 bits per heavy atom. The number of benzene rings is 1. The maximum absolute atomic E-state index is 15.1. The average Bonchev–Trinajstić information content (AvgIpc) is 2.88. The predicted octanol–water partition coefficient (Wildman–Crippen LogP) is 6.24. The minimum absolute atomic E-state index is 0.0212. The highest BCUT2D eigenvalue weighted by Crippen LogP contribution is 2.39. The first-order chi connectivity index (χ1) is 18.4. The number of ether oxygens (including phenoxy) is 1. The lowest BCUT2D eigenvalue weighted by atomic mass is 9.91. The van der Waals surface area contributed by atoms with Crippen molar-refractivity contribution in [1.29, 1.82) is 0 Å². The van der Waals surface area contributed by atoms with E-state index in [-0.39, 0.29) is 46.0 Å². The molecule has 0 aliphatic carbocycles. The van der Waals surface area contributed by atoms with Gasteiger partial charge in [-0.05, 0) is 70.4 Å². The van der Waals surface area contributed by atoms with Gasteiger partial charge in [-0.2, -0.15) is 13.2 Å². The molecule has 3 aromatic heterocycles. The monoisotopic (exact) mass is 541 g/mol. The summed E-state index contributed by atoms with van der Waals surface area (Å²) in [5.74, 6) is -0.872. The van der Waals surface area contributed by atoms with Crippen molar-refractivity contribution in [3.8, 4) is 11.3 Å². The zero-order chi connectivity index (χ0) is 28.1. The lowest BCUT2D eigenvalue weighted by Crippen LogP contribution is -2.24. The summed E-state index contributed by atoms with van der Waals surface area (Å²) >= 11 is 0. The number of alkyl halides is 3. The molecule has 1 aromatic carbocycles. The molecule has 4 heterocycles. The molecule has 0 radical (unpaired) electrons. The Labute approximate surface area is 221 Å². The molecule has 0 bridgehead atoms. The summed E-state index contributed by atoms with van der Waals surface area (Å²) in [4.78, 5) is 30.6. The van der Waals surface area contributed by atoms with Crippen molar-refractivity contribution in [3.63, 3.8) is 0 Å². The lowest BCUT2D eigenvalue weighted by molar-refractivity contribution is -0.137. The smallest absolute Gasteiger partial charge is 0.373 e. The first-order valence-corrected chi connectivity index (χ1v) is 12.7.